The molecular formula is C10H16NO4P. The van der Waals surface area contributed by atoms with Gasteiger partial charge >= 0.3 is 7.60 Å². The molecule has 0 radical (unpaired) electrons. The highest BCUT2D eigenvalue weighted by molar-refractivity contribution is 7.54. The minimum absolute atomic E-state index is 0.222. The summed E-state index contributed by atoms with van der Waals surface area (Å²) in [6.07, 6.45) is 3.03. The van der Waals surface area contributed by atoms with E-state index in [0.29, 0.717) is 5.56 Å². The minimum Gasteiger partial charge on any atom is -0.376 e. The molecule has 0 aliphatic heterocycles. The molecule has 0 amide bonds. The van der Waals surface area contributed by atoms with E-state index in [1.54, 1.807) is 26.0 Å². The molecule has 1 aromatic heterocycles. The van der Waals surface area contributed by atoms with Gasteiger partial charge in [-0.2, -0.15) is 0 Å². The minimum atomic E-state index is -3.50. The molecule has 5 nitrogen and oxygen atoms in total. The summed E-state index contributed by atoms with van der Waals surface area (Å²) >= 11 is 0. The second-order valence-electron chi connectivity index (χ2n) is 3.03. The van der Waals surface area contributed by atoms with Crippen molar-refractivity contribution in [2.24, 2.45) is 0 Å². The summed E-state index contributed by atoms with van der Waals surface area (Å²) < 4.78 is 22.3. The smallest absolute Gasteiger partial charge is 0.363 e. The Bertz CT molecular complexity index is 347. The molecule has 1 aromatic rings. The molecule has 0 aliphatic carbocycles. The molecule has 0 bridgehead atoms. The zero-order valence-corrected chi connectivity index (χ0v) is 10.3. The fraction of sp³-hybridized carbons (Fsp3) is 0.500. The van der Waals surface area contributed by atoms with Crippen LogP contribution in [0.3, 0.4) is 0 Å². The number of aliphatic hydroxyl groups excluding tert-OH is 1. The van der Waals surface area contributed by atoms with E-state index in [1.165, 1.54) is 12.4 Å². The van der Waals surface area contributed by atoms with Crippen molar-refractivity contribution in [3.63, 3.8) is 0 Å². The molecular weight excluding hydrogens is 229 g/mol. The van der Waals surface area contributed by atoms with Crippen LogP contribution in [-0.4, -0.2) is 23.3 Å². The lowest BCUT2D eigenvalue weighted by molar-refractivity contribution is 0.150. The van der Waals surface area contributed by atoms with Crippen molar-refractivity contribution in [1.29, 1.82) is 0 Å². The van der Waals surface area contributed by atoms with Gasteiger partial charge in [-0.05, 0) is 31.5 Å². The SMILES string of the molecule is CCOP(=O)(OCC)C(O)c1ccncc1. The van der Waals surface area contributed by atoms with E-state index in [4.69, 9.17) is 9.05 Å². The molecule has 1 rings (SSSR count). The molecule has 0 saturated carbocycles. The molecule has 1 atom stereocenters. The molecule has 1 N–H and O–H groups in total. The van der Waals surface area contributed by atoms with Crippen LogP contribution < -0.4 is 0 Å². The molecule has 1 unspecified atom stereocenters. The summed E-state index contributed by atoms with van der Waals surface area (Å²) in [5.41, 5.74) is 0.472. The highest BCUT2D eigenvalue weighted by atomic mass is 31.2. The largest absolute Gasteiger partial charge is 0.376 e. The van der Waals surface area contributed by atoms with Gasteiger partial charge < -0.3 is 14.2 Å². The molecule has 0 saturated heterocycles. The first-order valence-electron chi connectivity index (χ1n) is 5.10. The maximum atomic E-state index is 12.2. The van der Waals surface area contributed by atoms with E-state index in [1.807, 2.05) is 0 Å². The first kappa shape index (κ1) is 13.3. The summed E-state index contributed by atoms with van der Waals surface area (Å²) in [4.78, 5) is 3.82. The number of pyridine rings is 1. The Labute approximate surface area is 95.0 Å². The Morgan fingerprint density at radius 3 is 2.25 bits per heavy atom. The Kier molecular flexibility index (Phi) is 5.09. The van der Waals surface area contributed by atoms with E-state index < -0.39 is 13.4 Å². The Morgan fingerprint density at radius 1 is 1.31 bits per heavy atom. The normalized spacial score (nSPS) is 13.7. The molecule has 1 heterocycles. The van der Waals surface area contributed by atoms with Crippen molar-refractivity contribution in [3.05, 3.63) is 30.1 Å². The molecule has 0 aliphatic rings. The number of hydrogen-bond donors (Lipinski definition) is 1. The lowest BCUT2D eigenvalue weighted by Crippen LogP contribution is -2.06. The van der Waals surface area contributed by atoms with Gasteiger partial charge in [0.15, 0.2) is 5.85 Å². The van der Waals surface area contributed by atoms with Crippen LogP contribution >= 0.6 is 7.60 Å². The summed E-state index contributed by atoms with van der Waals surface area (Å²) in [6, 6.07) is 3.16. The summed E-state index contributed by atoms with van der Waals surface area (Å²) in [5, 5.41) is 9.96. The van der Waals surface area contributed by atoms with Gasteiger partial charge in [-0.25, -0.2) is 0 Å². The molecule has 0 spiro atoms. The van der Waals surface area contributed by atoms with Gasteiger partial charge in [0.25, 0.3) is 0 Å². The molecule has 16 heavy (non-hydrogen) atoms. The van der Waals surface area contributed by atoms with Crippen LogP contribution in [0.15, 0.2) is 24.5 Å². The van der Waals surface area contributed by atoms with Gasteiger partial charge in [-0.15, -0.1) is 0 Å². The van der Waals surface area contributed by atoms with Crippen molar-refractivity contribution in [3.8, 4) is 0 Å². The van der Waals surface area contributed by atoms with Gasteiger partial charge in [0.2, 0.25) is 0 Å². The Balaban J connectivity index is 2.91. The van der Waals surface area contributed by atoms with Crippen LogP contribution in [-0.2, 0) is 13.6 Å². The third-order valence-corrected chi connectivity index (χ3v) is 4.06. The first-order chi connectivity index (χ1) is 7.64. The summed E-state index contributed by atoms with van der Waals surface area (Å²) in [7, 11) is -3.50. The average molecular weight is 245 g/mol. The highest BCUT2D eigenvalue weighted by Crippen LogP contribution is 2.59. The third kappa shape index (κ3) is 3.12. The lowest BCUT2D eigenvalue weighted by Gasteiger charge is -2.22. The van der Waals surface area contributed by atoms with Crippen LogP contribution in [0.5, 0.6) is 0 Å². The average Bonchev–Trinajstić information content (AvgIpc) is 2.30. The van der Waals surface area contributed by atoms with Gasteiger partial charge in [0, 0.05) is 12.4 Å². The summed E-state index contributed by atoms with van der Waals surface area (Å²) in [5.74, 6) is -1.27. The van der Waals surface area contributed by atoms with Crippen molar-refractivity contribution in [1.82, 2.24) is 4.98 Å². The van der Waals surface area contributed by atoms with Crippen LogP contribution in [0.2, 0.25) is 0 Å². The standard InChI is InChI=1S/C10H16NO4P/c1-3-14-16(13,15-4-2)10(12)9-5-7-11-8-6-9/h5-8,10,12H,3-4H2,1-2H3. The predicted octanol–water partition coefficient (Wildman–Crippen LogP) is 2.34. The zero-order valence-electron chi connectivity index (χ0n) is 9.37. The van der Waals surface area contributed by atoms with Crippen LogP contribution in [0.25, 0.3) is 0 Å². The second-order valence-corrected chi connectivity index (χ2v) is 5.11. The van der Waals surface area contributed by atoms with E-state index in [2.05, 4.69) is 4.98 Å². The van der Waals surface area contributed by atoms with Crippen LogP contribution in [0, 0.1) is 0 Å². The van der Waals surface area contributed by atoms with E-state index in [9.17, 15) is 9.67 Å². The van der Waals surface area contributed by atoms with Gasteiger partial charge in [0.1, 0.15) is 0 Å². The maximum absolute atomic E-state index is 12.2. The van der Waals surface area contributed by atoms with Crippen molar-refractivity contribution < 1.29 is 18.7 Å². The topological polar surface area (TPSA) is 68.7 Å². The van der Waals surface area contributed by atoms with Crippen molar-refractivity contribution in [2.45, 2.75) is 19.7 Å². The van der Waals surface area contributed by atoms with Crippen LogP contribution in [0.4, 0.5) is 0 Å². The fourth-order valence-corrected chi connectivity index (χ4v) is 2.87. The fourth-order valence-electron chi connectivity index (χ4n) is 1.26. The van der Waals surface area contributed by atoms with E-state index in [0.717, 1.165) is 0 Å². The van der Waals surface area contributed by atoms with E-state index in [-0.39, 0.29) is 13.2 Å². The summed E-state index contributed by atoms with van der Waals surface area (Å²) in [6.45, 7) is 3.84. The maximum Gasteiger partial charge on any atom is 0.363 e. The van der Waals surface area contributed by atoms with Crippen LogP contribution in [0.1, 0.15) is 25.3 Å². The van der Waals surface area contributed by atoms with Gasteiger partial charge in [-0.3, -0.25) is 9.55 Å². The number of rotatable bonds is 6. The second kappa shape index (κ2) is 6.11. The Morgan fingerprint density at radius 2 is 1.81 bits per heavy atom. The lowest BCUT2D eigenvalue weighted by atomic mass is 10.3. The predicted molar refractivity (Wildman–Crippen MR) is 60.1 cm³/mol. The molecule has 0 fully saturated rings. The number of aliphatic hydroxyl groups is 1. The third-order valence-electron chi connectivity index (χ3n) is 1.92. The zero-order chi connectivity index (χ0) is 12.0. The number of nitrogens with zero attached hydrogens (tertiary/aromatic N) is 1. The monoisotopic (exact) mass is 245 g/mol. The van der Waals surface area contributed by atoms with Crippen molar-refractivity contribution in [2.75, 3.05) is 13.2 Å². The highest BCUT2D eigenvalue weighted by Gasteiger charge is 2.35. The quantitative estimate of drug-likeness (QED) is 0.779. The van der Waals surface area contributed by atoms with Gasteiger partial charge in [0.05, 0.1) is 13.2 Å². The van der Waals surface area contributed by atoms with E-state index >= 15 is 0 Å². The first-order valence-corrected chi connectivity index (χ1v) is 6.72. The van der Waals surface area contributed by atoms with Crippen molar-refractivity contribution >= 4 is 7.60 Å². The number of aromatic nitrogens is 1. The molecule has 0 aromatic carbocycles. The molecule has 90 valence electrons. The number of hydrogen-bond acceptors (Lipinski definition) is 5. The van der Waals surface area contributed by atoms with Gasteiger partial charge in [-0.1, -0.05) is 0 Å². The Hall–Kier alpha value is -0.740. The molecule has 6 heteroatoms.